The summed E-state index contributed by atoms with van der Waals surface area (Å²) in [5.41, 5.74) is 8.91. The van der Waals surface area contributed by atoms with Gasteiger partial charge in [0.15, 0.2) is 5.01 Å². The lowest BCUT2D eigenvalue weighted by Crippen LogP contribution is -2.33. The molecule has 3 atom stereocenters. The molecule has 0 unspecified atom stereocenters. The van der Waals surface area contributed by atoms with Crippen LogP contribution in [0.1, 0.15) is 41.7 Å². The largest absolute Gasteiger partial charge is 0.474 e. The van der Waals surface area contributed by atoms with Crippen LogP contribution >= 0.6 is 11.3 Å². The van der Waals surface area contributed by atoms with Gasteiger partial charge in [-0.3, -0.25) is 9.89 Å². The summed E-state index contributed by atoms with van der Waals surface area (Å²) in [5.74, 6) is 1.17. The number of aromatic amines is 1. The first-order valence-corrected chi connectivity index (χ1v) is 13.4. The number of nitrogens with one attached hydrogen (secondary N) is 1. The second kappa shape index (κ2) is 9.25. The Balaban J connectivity index is 1.17. The van der Waals surface area contributed by atoms with Crippen LogP contribution in [0.5, 0.6) is 5.88 Å². The molecule has 4 aromatic rings. The zero-order valence-corrected chi connectivity index (χ0v) is 22.1. The smallest absolute Gasteiger partial charge is 0.265 e. The number of thiazole rings is 1. The van der Waals surface area contributed by atoms with Crippen molar-refractivity contribution in [3.05, 3.63) is 64.7 Å². The molecular weight excluding hydrogens is 505 g/mol. The number of nitrogens with two attached hydrogens (primary N) is 1. The number of amides is 1. The minimum Gasteiger partial charge on any atom is -0.474 e. The first-order valence-electron chi connectivity index (χ1n) is 12.6. The molecule has 38 heavy (non-hydrogen) atoms. The summed E-state index contributed by atoms with van der Waals surface area (Å²) < 4.78 is 19.8. The molecule has 1 saturated heterocycles. The minimum atomic E-state index is -0.603. The lowest BCUT2D eigenvalue weighted by Gasteiger charge is -2.22. The number of hydrogen-bond donors (Lipinski definition) is 2. The minimum absolute atomic E-state index is 0.00399. The van der Waals surface area contributed by atoms with Crippen LogP contribution in [0, 0.1) is 17.7 Å². The van der Waals surface area contributed by atoms with Crippen molar-refractivity contribution in [2.24, 2.45) is 17.6 Å². The molecule has 9 nitrogen and oxygen atoms in total. The van der Waals surface area contributed by atoms with E-state index in [9.17, 15) is 9.18 Å². The van der Waals surface area contributed by atoms with Crippen LogP contribution in [0.15, 0.2) is 42.7 Å². The third-order valence-electron chi connectivity index (χ3n) is 7.18. The molecule has 1 saturated carbocycles. The van der Waals surface area contributed by atoms with Crippen LogP contribution < -0.4 is 10.5 Å². The Labute approximate surface area is 223 Å². The quantitative estimate of drug-likeness (QED) is 0.368. The number of benzene rings is 1. The van der Waals surface area contributed by atoms with E-state index in [-0.39, 0.29) is 29.7 Å². The number of H-pyrrole nitrogens is 1. The number of nitrogens with zero attached hydrogens (tertiary/aromatic N) is 5. The van der Waals surface area contributed by atoms with Crippen molar-refractivity contribution in [1.82, 2.24) is 30.0 Å². The van der Waals surface area contributed by atoms with Gasteiger partial charge in [0.1, 0.15) is 23.1 Å². The molecule has 6 rings (SSSR count). The Hall–Kier alpha value is -3.70. The molecule has 196 valence electrons. The highest BCUT2D eigenvalue weighted by Gasteiger charge is 2.59. The Morgan fingerprint density at radius 2 is 1.95 bits per heavy atom. The Morgan fingerprint density at radius 1 is 1.21 bits per heavy atom. The Kier molecular flexibility index (Phi) is 5.99. The van der Waals surface area contributed by atoms with E-state index >= 15 is 0 Å². The normalized spacial score (nSPS) is 20.4. The fraction of sp³-hybridized carbons (Fsp3) is 0.370. The second-order valence-electron chi connectivity index (χ2n) is 10.4. The number of ether oxygens (including phenoxy) is 1. The van der Waals surface area contributed by atoms with E-state index in [1.807, 2.05) is 37.8 Å². The predicted octanol–water partition coefficient (Wildman–Crippen LogP) is 4.03. The van der Waals surface area contributed by atoms with Gasteiger partial charge in [-0.25, -0.2) is 19.3 Å². The molecule has 4 heterocycles. The van der Waals surface area contributed by atoms with Crippen LogP contribution in [0.2, 0.25) is 0 Å². The van der Waals surface area contributed by atoms with Gasteiger partial charge >= 0.3 is 0 Å². The van der Waals surface area contributed by atoms with Gasteiger partial charge in [0.05, 0.1) is 11.4 Å². The van der Waals surface area contributed by atoms with E-state index < -0.39 is 5.54 Å². The summed E-state index contributed by atoms with van der Waals surface area (Å²) in [6.07, 6.45) is 2.14. The maximum atomic E-state index is 13.5. The molecule has 0 spiro atoms. The number of halogens is 1. The monoisotopic (exact) mass is 533 g/mol. The average Bonchev–Trinajstić information content (AvgIpc) is 3.42. The molecule has 1 aliphatic carbocycles. The zero-order valence-electron chi connectivity index (χ0n) is 21.3. The predicted molar refractivity (Wildman–Crippen MR) is 141 cm³/mol. The van der Waals surface area contributed by atoms with E-state index in [1.54, 1.807) is 12.1 Å². The average molecular weight is 534 g/mol. The number of rotatable bonds is 7. The molecule has 1 aliphatic heterocycles. The fourth-order valence-electron chi connectivity index (χ4n) is 4.97. The zero-order chi connectivity index (χ0) is 26.6. The van der Waals surface area contributed by atoms with Gasteiger partial charge < -0.3 is 15.4 Å². The number of aryl methyl sites for hydroxylation is 1. The van der Waals surface area contributed by atoms with E-state index in [1.165, 1.54) is 29.8 Å². The number of carbonyl (C=O) groups is 1. The first-order chi connectivity index (χ1) is 18.2. The van der Waals surface area contributed by atoms with Gasteiger partial charge in [0, 0.05) is 42.1 Å². The summed E-state index contributed by atoms with van der Waals surface area (Å²) in [7, 11) is 0. The van der Waals surface area contributed by atoms with Gasteiger partial charge in [0.2, 0.25) is 11.7 Å². The molecular formula is C27H28FN7O2S. The number of pyridine rings is 1. The second-order valence-corrected chi connectivity index (χ2v) is 11.4. The molecule has 0 bridgehead atoms. The third-order valence-corrected chi connectivity index (χ3v) is 8.26. The van der Waals surface area contributed by atoms with E-state index in [4.69, 9.17) is 15.5 Å². The van der Waals surface area contributed by atoms with Crippen molar-refractivity contribution in [3.8, 4) is 28.0 Å². The van der Waals surface area contributed by atoms with Crippen molar-refractivity contribution >= 4 is 17.2 Å². The van der Waals surface area contributed by atoms with Crippen molar-refractivity contribution in [1.29, 1.82) is 0 Å². The van der Waals surface area contributed by atoms with Gasteiger partial charge in [-0.05, 0) is 56.2 Å². The van der Waals surface area contributed by atoms with Gasteiger partial charge in [-0.15, -0.1) is 11.3 Å². The van der Waals surface area contributed by atoms with Crippen molar-refractivity contribution in [2.75, 3.05) is 13.1 Å². The van der Waals surface area contributed by atoms with E-state index in [0.717, 1.165) is 16.8 Å². The molecule has 1 aromatic carbocycles. The Bertz CT molecular complexity index is 1470. The van der Waals surface area contributed by atoms with Crippen LogP contribution in [-0.4, -0.2) is 55.1 Å². The van der Waals surface area contributed by atoms with Crippen LogP contribution in [0.25, 0.3) is 22.1 Å². The third kappa shape index (κ3) is 4.56. The van der Waals surface area contributed by atoms with Crippen molar-refractivity contribution in [2.45, 2.75) is 38.8 Å². The van der Waals surface area contributed by atoms with E-state index in [0.29, 0.717) is 46.8 Å². The van der Waals surface area contributed by atoms with Gasteiger partial charge in [-0.1, -0.05) is 6.92 Å². The first kappa shape index (κ1) is 24.6. The highest BCUT2D eigenvalue weighted by atomic mass is 32.1. The number of carbonyl (C=O) groups excluding carboxylic acids is 1. The van der Waals surface area contributed by atoms with Crippen molar-refractivity contribution in [3.63, 3.8) is 0 Å². The molecule has 3 N–H and O–H groups in total. The SMILES string of the molecule is CCc1nc(-c2nc[nH]n2)sc1C(=O)N1C[C@@H]2[C@H](C1)[C@@H]2Oc1cc(C(C)(C)N)cc(-c2ccc(F)cc2)n1. The van der Waals surface area contributed by atoms with Crippen LogP contribution in [-0.2, 0) is 12.0 Å². The summed E-state index contributed by atoms with van der Waals surface area (Å²) in [5, 5.41) is 7.42. The lowest BCUT2D eigenvalue weighted by molar-refractivity contribution is 0.0755. The molecule has 2 fully saturated rings. The van der Waals surface area contributed by atoms with Crippen LogP contribution in [0.4, 0.5) is 4.39 Å². The van der Waals surface area contributed by atoms with E-state index in [2.05, 4.69) is 20.2 Å². The summed E-state index contributed by atoms with van der Waals surface area (Å²) >= 11 is 1.34. The van der Waals surface area contributed by atoms with Gasteiger partial charge in [0.25, 0.3) is 5.91 Å². The molecule has 0 radical (unpaired) electrons. The summed E-state index contributed by atoms with van der Waals surface area (Å²) in [6.45, 7) is 7.08. The number of hydrogen-bond acceptors (Lipinski definition) is 8. The lowest BCUT2D eigenvalue weighted by atomic mass is 9.95. The number of aromatic nitrogens is 5. The standard InChI is InChI=1S/C27H28FN7O2S/c1-4-19-23(38-25(33-19)24-30-13-31-34-24)26(36)35-11-17-18(12-35)22(17)37-21-10-15(27(2,3)29)9-20(32-21)14-5-7-16(28)8-6-14/h5-10,13,17-18,22H,4,11-12,29H2,1-3H3,(H,30,31,34)/t17-,18+,22-. The molecule has 3 aromatic heterocycles. The highest BCUT2D eigenvalue weighted by Crippen LogP contribution is 2.48. The van der Waals surface area contributed by atoms with Gasteiger partial charge in [-0.2, -0.15) is 5.10 Å². The number of likely N-dealkylation sites (tertiary alicyclic amines) is 1. The maximum Gasteiger partial charge on any atom is 0.265 e. The summed E-state index contributed by atoms with van der Waals surface area (Å²) in [6, 6.07) is 10.0. The highest BCUT2D eigenvalue weighted by molar-refractivity contribution is 7.17. The number of fused-ring (bicyclic) bond motifs is 1. The molecule has 1 amide bonds. The number of piperidine rings is 1. The molecule has 2 aliphatic rings. The maximum absolute atomic E-state index is 13.5. The summed E-state index contributed by atoms with van der Waals surface area (Å²) in [4.78, 5) is 29.4. The fourth-order valence-corrected chi connectivity index (χ4v) is 6.03. The Morgan fingerprint density at radius 3 is 2.58 bits per heavy atom. The topological polar surface area (TPSA) is 123 Å². The van der Waals surface area contributed by atoms with Crippen molar-refractivity contribution < 1.29 is 13.9 Å². The van der Waals surface area contributed by atoms with Crippen LogP contribution in [0.3, 0.4) is 0 Å². The molecule has 11 heteroatoms.